The Morgan fingerprint density at radius 3 is 2.50 bits per heavy atom. The number of benzene rings is 2. The molecule has 8 heteroatoms. The number of para-hydroxylation sites is 1. The zero-order valence-electron chi connectivity index (χ0n) is 20.0. The van der Waals surface area contributed by atoms with Crippen LogP contribution in [0.1, 0.15) is 45.6 Å². The Morgan fingerprint density at radius 1 is 1.03 bits per heavy atom. The lowest BCUT2D eigenvalue weighted by Gasteiger charge is -2.24. The van der Waals surface area contributed by atoms with Gasteiger partial charge in [0.1, 0.15) is 0 Å². The van der Waals surface area contributed by atoms with Gasteiger partial charge in [-0.2, -0.15) is 0 Å². The van der Waals surface area contributed by atoms with Crippen LogP contribution in [0.2, 0.25) is 0 Å². The summed E-state index contributed by atoms with van der Waals surface area (Å²) in [5.74, 6) is 0.576. The highest BCUT2D eigenvalue weighted by molar-refractivity contribution is 8.00. The summed E-state index contributed by atoms with van der Waals surface area (Å²) >= 11 is 1.38. The Bertz CT molecular complexity index is 1330. The minimum atomic E-state index is -0.352. The summed E-state index contributed by atoms with van der Waals surface area (Å²) in [6.45, 7) is 7.83. The SMILES string of the molecule is CCCCCn1c(=O)c2ccccc2n2c(SC(C)C(=O)N(CC)Cc3ccccc3)nnc12. The number of thioether (sulfide) groups is 1. The molecule has 0 bridgehead atoms. The molecule has 0 aliphatic heterocycles. The number of fused-ring (bicyclic) bond motifs is 3. The van der Waals surface area contributed by atoms with Crippen molar-refractivity contribution in [3.05, 3.63) is 70.5 Å². The number of unbranched alkanes of at least 4 members (excludes halogenated alkanes) is 2. The van der Waals surface area contributed by atoms with Gasteiger partial charge in [0.05, 0.1) is 16.2 Å². The van der Waals surface area contributed by atoms with Crippen molar-refractivity contribution in [1.29, 1.82) is 0 Å². The summed E-state index contributed by atoms with van der Waals surface area (Å²) in [7, 11) is 0. The van der Waals surface area contributed by atoms with Gasteiger partial charge in [0.2, 0.25) is 11.7 Å². The summed E-state index contributed by atoms with van der Waals surface area (Å²) < 4.78 is 3.64. The first-order chi connectivity index (χ1) is 16.5. The van der Waals surface area contributed by atoms with Gasteiger partial charge in [0.25, 0.3) is 5.56 Å². The molecule has 2 aromatic carbocycles. The molecule has 0 saturated carbocycles. The number of carbonyl (C=O) groups excluding carboxylic acids is 1. The molecule has 1 atom stereocenters. The van der Waals surface area contributed by atoms with Gasteiger partial charge in [-0.25, -0.2) is 0 Å². The summed E-state index contributed by atoms with van der Waals surface area (Å²) in [5, 5.41) is 9.69. The molecule has 0 aliphatic rings. The number of nitrogens with zero attached hydrogens (tertiary/aromatic N) is 5. The van der Waals surface area contributed by atoms with E-state index < -0.39 is 0 Å². The van der Waals surface area contributed by atoms with E-state index in [1.54, 1.807) is 4.57 Å². The largest absolute Gasteiger partial charge is 0.338 e. The quantitative estimate of drug-likeness (QED) is 0.243. The van der Waals surface area contributed by atoms with Crippen LogP contribution in [0.4, 0.5) is 0 Å². The molecular weight excluding hydrogens is 446 g/mol. The summed E-state index contributed by atoms with van der Waals surface area (Å²) in [6, 6.07) is 17.5. The fourth-order valence-corrected chi connectivity index (χ4v) is 5.09. The maximum atomic E-state index is 13.3. The van der Waals surface area contributed by atoms with E-state index in [-0.39, 0.29) is 16.7 Å². The average molecular weight is 478 g/mol. The van der Waals surface area contributed by atoms with Crippen molar-refractivity contribution in [2.45, 2.75) is 63.5 Å². The summed E-state index contributed by atoms with van der Waals surface area (Å²) in [4.78, 5) is 28.3. The molecular formula is C26H31N5O2S. The van der Waals surface area contributed by atoms with Crippen molar-refractivity contribution < 1.29 is 4.79 Å². The third-order valence-corrected chi connectivity index (χ3v) is 7.03. The van der Waals surface area contributed by atoms with Gasteiger partial charge in [0.15, 0.2) is 5.16 Å². The average Bonchev–Trinajstić information content (AvgIpc) is 3.28. The van der Waals surface area contributed by atoms with Crippen LogP contribution in [0.5, 0.6) is 0 Å². The van der Waals surface area contributed by atoms with Crippen LogP contribution < -0.4 is 5.56 Å². The van der Waals surface area contributed by atoms with Crippen LogP contribution >= 0.6 is 11.8 Å². The van der Waals surface area contributed by atoms with E-state index in [1.807, 2.05) is 77.7 Å². The number of aryl methyl sites for hydroxylation is 1. The Morgan fingerprint density at radius 2 is 1.76 bits per heavy atom. The highest BCUT2D eigenvalue weighted by Crippen LogP contribution is 2.26. The number of rotatable bonds is 10. The zero-order valence-corrected chi connectivity index (χ0v) is 20.8. The number of hydrogen-bond acceptors (Lipinski definition) is 5. The molecule has 0 fully saturated rings. The monoisotopic (exact) mass is 477 g/mol. The van der Waals surface area contributed by atoms with Crippen molar-refractivity contribution >= 4 is 34.3 Å². The van der Waals surface area contributed by atoms with Crippen LogP contribution in [-0.2, 0) is 17.9 Å². The van der Waals surface area contributed by atoms with E-state index in [4.69, 9.17) is 0 Å². The first-order valence-corrected chi connectivity index (χ1v) is 12.8. The number of carbonyl (C=O) groups is 1. The lowest BCUT2D eigenvalue weighted by molar-refractivity contribution is -0.130. The van der Waals surface area contributed by atoms with Gasteiger partial charge in [0, 0.05) is 19.6 Å². The number of amides is 1. The van der Waals surface area contributed by atoms with Gasteiger partial charge in [-0.3, -0.25) is 18.6 Å². The Balaban J connectivity index is 1.66. The van der Waals surface area contributed by atoms with E-state index in [0.717, 1.165) is 30.3 Å². The molecule has 34 heavy (non-hydrogen) atoms. The Labute approximate surface area is 203 Å². The van der Waals surface area contributed by atoms with Crippen LogP contribution in [-0.4, -0.2) is 41.8 Å². The molecule has 0 spiro atoms. The topological polar surface area (TPSA) is 72.5 Å². The minimum absolute atomic E-state index is 0.0488. The highest BCUT2D eigenvalue weighted by atomic mass is 32.2. The molecule has 1 unspecified atom stereocenters. The van der Waals surface area contributed by atoms with Crippen molar-refractivity contribution in [1.82, 2.24) is 24.1 Å². The summed E-state index contributed by atoms with van der Waals surface area (Å²) in [5.41, 5.74) is 1.82. The lowest BCUT2D eigenvalue weighted by atomic mass is 10.2. The molecule has 0 aliphatic carbocycles. The maximum Gasteiger partial charge on any atom is 0.262 e. The van der Waals surface area contributed by atoms with E-state index in [1.165, 1.54) is 11.8 Å². The number of aromatic nitrogens is 4. The van der Waals surface area contributed by atoms with Gasteiger partial charge in [-0.15, -0.1) is 10.2 Å². The fourth-order valence-electron chi connectivity index (χ4n) is 4.15. The van der Waals surface area contributed by atoms with Crippen molar-refractivity contribution in [3.63, 3.8) is 0 Å². The first kappa shape index (κ1) is 24.0. The van der Waals surface area contributed by atoms with Crippen LogP contribution in [0.15, 0.2) is 64.5 Å². The molecule has 1 amide bonds. The van der Waals surface area contributed by atoms with Gasteiger partial charge in [-0.05, 0) is 38.0 Å². The van der Waals surface area contributed by atoms with Crippen molar-refractivity contribution in [2.24, 2.45) is 0 Å². The van der Waals surface area contributed by atoms with E-state index in [9.17, 15) is 9.59 Å². The van der Waals surface area contributed by atoms with Gasteiger partial charge in [-0.1, -0.05) is 74.0 Å². The standard InChI is InChI=1S/C26H31N5O2S/c1-4-6-12-17-30-24(33)21-15-10-11-16-22(21)31-25(30)27-28-26(31)34-19(3)23(32)29(5-2)18-20-13-8-7-9-14-20/h7-11,13-16,19H,4-6,12,17-18H2,1-3H3. The zero-order chi connectivity index (χ0) is 24.1. The van der Waals surface area contributed by atoms with E-state index in [2.05, 4.69) is 17.1 Å². The first-order valence-electron chi connectivity index (χ1n) is 11.9. The van der Waals surface area contributed by atoms with Crippen LogP contribution in [0.25, 0.3) is 16.7 Å². The van der Waals surface area contributed by atoms with E-state index >= 15 is 0 Å². The molecule has 7 nitrogen and oxygen atoms in total. The van der Waals surface area contributed by atoms with Crippen LogP contribution in [0.3, 0.4) is 0 Å². The third-order valence-electron chi connectivity index (χ3n) is 6.00. The van der Waals surface area contributed by atoms with Crippen molar-refractivity contribution in [3.8, 4) is 0 Å². The minimum Gasteiger partial charge on any atom is -0.338 e. The Hall–Kier alpha value is -3.13. The second kappa shape index (κ2) is 10.9. The second-order valence-electron chi connectivity index (χ2n) is 8.40. The van der Waals surface area contributed by atoms with Gasteiger partial charge >= 0.3 is 0 Å². The molecule has 0 N–H and O–H groups in total. The molecule has 178 valence electrons. The molecule has 4 rings (SSSR count). The smallest absolute Gasteiger partial charge is 0.262 e. The molecule has 4 aromatic rings. The van der Waals surface area contributed by atoms with Crippen molar-refractivity contribution in [2.75, 3.05) is 6.54 Å². The fraction of sp³-hybridized carbons (Fsp3) is 0.385. The molecule has 0 saturated heterocycles. The Kier molecular flexibility index (Phi) is 7.67. The van der Waals surface area contributed by atoms with E-state index in [0.29, 0.717) is 36.0 Å². The third kappa shape index (κ3) is 4.87. The predicted octanol–water partition coefficient (Wildman–Crippen LogP) is 4.76. The molecule has 2 aromatic heterocycles. The lowest BCUT2D eigenvalue weighted by Crippen LogP contribution is -2.36. The maximum absolute atomic E-state index is 13.3. The predicted molar refractivity (Wildman–Crippen MR) is 137 cm³/mol. The highest BCUT2D eigenvalue weighted by Gasteiger charge is 2.24. The summed E-state index contributed by atoms with van der Waals surface area (Å²) in [6.07, 6.45) is 3.02. The van der Waals surface area contributed by atoms with Gasteiger partial charge < -0.3 is 4.90 Å². The number of hydrogen-bond donors (Lipinski definition) is 0. The normalized spacial score (nSPS) is 12.3. The second-order valence-corrected chi connectivity index (χ2v) is 9.71. The molecule has 0 radical (unpaired) electrons. The molecule has 2 heterocycles. The van der Waals surface area contributed by atoms with Crippen LogP contribution in [0, 0.1) is 0 Å².